The third-order valence-corrected chi connectivity index (χ3v) is 4.90. The van der Waals surface area contributed by atoms with Crippen LogP contribution in [-0.4, -0.2) is 13.2 Å². The molecule has 0 radical (unpaired) electrons. The van der Waals surface area contributed by atoms with Crippen LogP contribution in [0.1, 0.15) is 56.2 Å². The predicted octanol–water partition coefficient (Wildman–Crippen LogP) is 5.43. The zero-order valence-corrected chi connectivity index (χ0v) is 13.5. The van der Waals surface area contributed by atoms with Crippen molar-refractivity contribution in [3.8, 4) is 0 Å². The van der Waals surface area contributed by atoms with E-state index in [0.717, 1.165) is 43.6 Å². The minimum absolute atomic E-state index is 0.123. The van der Waals surface area contributed by atoms with E-state index in [9.17, 15) is 13.2 Å². The number of benzene rings is 1. The predicted molar refractivity (Wildman–Crippen MR) is 81.9 cm³/mol. The first-order chi connectivity index (χ1) is 10.4. The Balaban J connectivity index is 2.21. The van der Waals surface area contributed by atoms with Crippen LogP contribution >= 0.6 is 0 Å². The molecule has 1 saturated heterocycles. The first-order valence-electron chi connectivity index (χ1n) is 8.14. The molecular formula is C18H25F3O. The van der Waals surface area contributed by atoms with Gasteiger partial charge in [0.15, 0.2) is 0 Å². The molecule has 1 nitrogen and oxygen atoms in total. The standard InChI is InChI=1S/C18H25F3O/c1-4-13-6-7-16(18(19,20)21)9-17(13)12(3)8-15-11-22-10-14(15)5-2/h6-7,9,12,14-15H,4-5,8,10-11H2,1-3H3. The van der Waals surface area contributed by atoms with Crippen LogP contribution in [-0.2, 0) is 17.3 Å². The van der Waals surface area contributed by atoms with Gasteiger partial charge in [-0.05, 0) is 53.9 Å². The fourth-order valence-electron chi connectivity index (χ4n) is 3.49. The summed E-state index contributed by atoms with van der Waals surface area (Å²) in [6.07, 6.45) is -1.55. The lowest BCUT2D eigenvalue weighted by molar-refractivity contribution is -0.137. The van der Waals surface area contributed by atoms with Gasteiger partial charge in [-0.2, -0.15) is 13.2 Å². The van der Waals surface area contributed by atoms with Crippen LogP contribution in [0.3, 0.4) is 0 Å². The van der Waals surface area contributed by atoms with Gasteiger partial charge in [-0.1, -0.05) is 33.3 Å². The fourth-order valence-corrected chi connectivity index (χ4v) is 3.49. The molecule has 0 bridgehead atoms. The molecule has 0 aromatic heterocycles. The largest absolute Gasteiger partial charge is 0.416 e. The molecule has 124 valence electrons. The van der Waals surface area contributed by atoms with Gasteiger partial charge in [0.05, 0.1) is 5.56 Å². The second-order valence-electron chi connectivity index (χ2n) is 6.37. The Morgan fingerprint density at radius 3 is 2.45 bits per heavy atom. The van der Waals surface area contributed by atoms with Crippen LogP contribution in [0, 0.1) is 11.8 Å². The first-order valence-corrected chi connectivity index (χ1v) is 8.14. The Labute approximate surface area is 130 Å². The molecule has 0 amide bonds. The third-order valence-electron chi connectivity index (χ3n) is 4.90. The van der Waals surface area contributed by atoms with E-state index in [2.05, 4.69) is 6.92 Å². The van der Waals surface area contributed by atoms with E-state index >= 15 is 0 Å². The molecule has 3 atom stereocenters. The number of rotatable bonds is 5. The van der Waals surface area contributed by atoms with Gasteiger partial charge in [-0.15, -0.1) is 0 Å². The van der Waals surface area contributed by atoms with E-state index in [-0.39, 0.29) is 5.92 Å². The van der Waals surface area contributed by atoms with Gasteiger partial charge in [0.1, 0.15) is 0 Å². The number of hydrogen-bond acceptors (Lipinski definition) is 1. The summed E-state index contributed by atoms with van der Waals surface area (Å²) in [6.45, 7) is 7.71. The molecule has 0 saturated carbocycles. The van der Waals surface area contributed by atoms with Crippen LogP contribution in [0.25, 0.3) is 0 Å². The Morgan fingerprint density at radius 2 is 1.86 bits per heavy atom. The number of aryl methyl sites for hydroxylation is 1. The van der Waals surface area contributed by atoms with Crippen LogP contribution in [0.15, 0.2) is 18.2 Å². The molecular weight excluding hydrogens is 289 g/mol. The Kier molecular flexibility index (Phi) is 5.54. The maximum Gasteiger partial charge on any atom is 0.416 e. The Hall–Kier alpha value is -1.03. The normalized spacial score (nSPS) is 23.7. The van der Waals surface area contributed by atoms with E-state index in [4.69, 9.17) is 4.74 Å². The molecule has 1 aliphatic rings. The van der Waals surface area contributed by atoms with Crippen molar-refractivity contribution < 1.29 is 17.9 Å². The van der Waals surface area contributed by atoms with Gasteiger partial charge in [-0.3, -0.25) is 0 Å². The molecule has 1 heterocycles. The van der Waals surface area contributed by atoms with Crippen LogP contribution in [0.4, 0.5) is 13.2 Å². The van der Waals surface area contributed by atoms with Gasteiger partial charge < -0.3 is 4.74 Å². The summed E-state index contributed by atoms with van der Waals surface area (Å²) in [4.78, 5) is 0. The van der Waals surface area contributed by atoms with Crippen molar-refractivity contribution in [1.29, 1.82) is 0 Å². The number of alkyl halides is 3. The van der Waals surface area contributed by atoms with Crippen molar-refractivity contribution in [1.82, 2.24) is 0 Å². The summed E-state index contributed by atoms with van der Waals surface area (Å²) in [5.41, 5.74) is 1.33. The minimum Gasteiger partial charge on any atom is -0.381 e. The summed E-state index contributed by atoms with van der Waals surface area (Å²) in [6, 6.07) is 4.18. The third kappa shape index (κ3) is 3.83. The molecule has 0 aliphatic carbocycles. The zero-order valence-electron chi connectivity index (χ0n) is 13.5. The molecule has 22 heavy (non-hydrogen) atoms. The summed E-state index contributed by atoms with van der Waals surface area (Å²) in [7, 11) is 0. The highest BCUT2D eigenvalue weighted by Crippen LogP contribution is 2.37. The first kappa shape index (κ1) is 17.3. The topological polar surface area (TPSA) is 9.23 Å². The van der Waals surface area contributed by atoms with E-state index < -0.39 is 11.7 Å². The van der Waals surface area contributed by atoms with Crippen LogP contribution < -0.4 is 0 Å². The SMILES string of the molecule is CCc1ccc(C(F)(F)F)cc1C(C)CC1COCC1CC. The molecule has 0 N–H and O–H groups in total. The summed E-state index contributed by atoms with van der Waals surface area (Å²) in [5.74, 6) is 1.12. The lowest BCUT2D eigenvalue weighted by atomic mass is 9.81. The quantitative estimate of drug-likeness (QED) is 0.704. The highest BCUT2D eigenvalue weighted by molar-refractivity contribution is 5.36. The lowest BCUT2D eigenvalue weighted by Gasteiger charge is -2.23. The van der Waals surface area contributed by atoms with Crippen LogP contribution in [0.5, 0.6) is 0 Å². The van der Waals surface area contributed by atoms with Crippen molar-refractivity contribution in [2.75, 3.05) is 13.2 Å². The van der Waals surface area contributed by atoms with Crippen molar-refractivity contribution in [2.24, 2.45) is 11.8 Å². The molecule has 0 spiro atoms. The molecule has 1 aromatic carbocycles. The van der Waals surface area contributed by atoms with E-state index in [1.807, 2.05) is 13.8 Å². The van der Waals surface area contributed by atoms with E-state index in [1.54, 1.807) is 6.07 Å². The molecule has 1 fully saturated rings. The van der Waals surface area contributed by atoms with Gasteiger partial charge in [-0.25, -0.2) is 0 Å². The second kappa shape index (κ2) is 7.03. The Morgan fingerprint density at radius 1 is 1.18 bits per heavy atom. The monoisotopic (exact) mass is 314 g/mol. The van der Waals surface area contributed by atoms with Gasteiger partial charge in [0, 0.05) is 13.2 Å². The molecule has 4 heteroatoms. The highest BCUT2D eigenvalue weighted by Gasteiger charge is 2.32. The van der Waals surface area contributed by atoms with Gasteiger partial charge in [0.2, 0.25) is 0 Å². The zero-order chi connectivity index (χ0) is 16.3. The van der Waals surface area contributed by atoms with Crippen LogP contribution in [0.2, 0.25) is 0 Å². The van der Waals surface area contributed by atoms with Crippen molar-refractivity contribution in [3.63, 3.8) is 0 Å². The molecule has 1 aliphatic heterocycles. The minimum atomic E-state index is -4.27. The average Bonchev–Trinajstić information content (AvgIpc) is 2.92. The van der Waals surface area contributed by atoms with Crippen molar-refractivity contribution in [3.05, 3.63) is 34.9 Å². The van der Waals surface area contributed by atoms with E-state index in [0.29, 0.717) is 11.8 Å². The summed E-state index contributed by atoms with van der Waals surface area (Å²) in [5, 5.41) is 0. The lowest BCUT2D eigenvalue weighted by Crippen LogP contribution is -2.15. The highest BCUT2D eigenvalue weighted by atomic mass is 19.4. The van der Waals surface area contributed by atoms with Gasteiger partial charge >= 0.3 is 6.18 Å². The number of hydrogen-bond donors (Lipinski definition) is 0. The van der Waals surface area contributed by atoms with E-state index in [1.165, 1.54) is 12.1 Å². The Bertz CT molecular complexity index is 496. The second-order valence-corrected chi connectivity index (χ2v) is 6.37. The molecule has 2 rings (SSSR count). The average molecular weight is 314 g/mol. The van der Waals surface area contributed by atoms with Crippen molar-refractivity contribution >= 4 is 0 Å². The molecule has 1 aromatic rings. The molecule has 3 unspecified atom stereocenters. The summed E-state index contributed by atoms with van der Waals surface area (Å²) >= 11 is 0. The number of halogens is 3. The fraction of sp³-hybridized carbons (Fsp3) is 0.667. The summed E-state index contributed by atoms with van der Waals surface area (Å²) < 4.78 is 44.5. The maximum atomic E-state index is 13.0. The van der Waals surface area contributed by atoms with Crippen molar-refractivity contribution in [2.45, 2.75) is 52.1 Å². The maximum absolute atomic E-state index is 13.0. The van der Waals surface area contributed by atoms with Gasteiger partial charge in [0.25, 0.3) is 0 Å². The number of ether oxygens (including phenoxy) is 1. The smallest absolute Gasteiger partial charge is 0.381 e.